The number of aryl methyl sites for hydroxylation is 1. The van der Waals surface area contributed by atoms with E-state index in [9.17, 15) is 14.7 Å². The summed E-state index contributed by atoms with van der Waals surface area (Å²) in [5.41, 5.74) is 7.22. The number of urea groups is 1. The molecule has 7 nitrogen and oxygen atoms in total. The highest BCUT2D eigenvalue weighted by Gasteiger charge is 2.46. The quantitative estimate of drug-likeness (QED) is 0.326. The van der Waals surface area contributed by atoms with Gasteiger partial charge >= 0.3 is 6.03 Å². The lowest BCUT2D eigenvalue weighted by Crippen LogP contribution is -2.69. The van der Waals surface area contributed by atoms with Crippen LogP contribution in [0.15, 0.2) is 91.0 Å². The van der Waals surface area contributed by atoms with Crippen molar-refractivity contribution in [1.82, 2.24) is 10.6 Å². The highest BCUT2D eigenvalue weighted by Crippen LogP contribution is 2.23. The molecule has 3 amide bonds. The minimum atomic E-state index is -1.67. The molecule has 0 bridgehead atoms. The molecule has 0 fully saturated rings. The molecular weight excluding hydrogens is 476 g/mol. The summed E-state index contributed by atoms with van der Waals surface area (Å²) in [6.45, 7) is 5.60. The van der Waals surface area contributed by atoms with Gasteiger partial charge in [-0.05, 0) is 63.3 Å². The summed E-state index contributed by atoms with van der Waals surface area (Å²) in [4.78, 5) is 28.4. The van der Waals surface area contributed by atoms with Crippen molar-refractivity contribution in [2.24, 2.45) is 5.73 Å². The van der Waals surface area contributed by atoms with Crippen molar-refractivity contribution >= 4 is 17.6 Å². The van der Waals surface area contributed by atoms with Crippen LogP contribution < -0.4 is 21.3 Å². The molecular formula is C31H40N4O3. The van der Waals surface area contributed by atoms with Crippen LogP contribution in [0.1, 0.15) is 38.3 Å². The van der Waals surface area contributed by atoms with Gasteiger partial charge < -0.3 is 21.5 Å². The summed E-state index contributed by atoms with van der Waals surface area (Å²) in [5, 5.41) is 17.7. The van der Waals surface area contributed by atoms with Gasteiger partial charge in [0.25, 0.3) is 0 Å². The van der Waals surface area contributed by atoms with Gasteiger partial charge in [-0.1, -0.05) is 78.9 Å². The topological polar surface area (TPSA) is 108 Å². The van der Waals surface area contributed by atoms with E-state index in [-0.39, 0.29) is 6.42 Å². The zero-order valence-corrected chi connectivity index (χ0v) is 22.7. The summed E-state index contributed by atoms with van der Waals surface area (Å²) in [6.07, 6.45) is -0.400. The second kappa shape index (κ2) is 12.7. The molecule has 0 aliphatic heterocycles. The second-order valence-electron chi connectivity index (χ2n) is 10.8. The Hall–Kier alpha value is -3.68. The fourth-order valence-corrected chi connectivity index (χ4v) is 4.34. The maximum absolute atomic E-state index is 13.6. The fraction of sp³-hybridized carbons (Fsp3) is 0.355. The number of benzene rings is 3. The molecule has 0 aromatic heterocycles. The minimum absolute atomic E-state index is 0.190. The number of hydrogen-bond donors (Lipinski definition) is 4. The number of hydrogen-bond acceptors (Lipinski definition) is 4. The van der Waals surface area contributed by atoms with Crippen LogP contribution in [0.3, 0.4) is 0 Å². The smallest absolute Gasteiger partial charge is 0.321 e. The van der Waals surface area contributed by atoms with Gasteiger partial charge in [0.05, 0.1) is 6.04 Å². The molecule has 0 aliphatic carbocycles. The summed E-state index contributed by atoms with van der Waals surface area (Å²) in [6, 6.07) is 27.2. The van der Waals surface area contributed by atoms with Crippen LogP contribution in [0, 0.1) is 0 Å². The molecule has 0 aliphatic rings. The lowest BCUT2D eigenvalue weighted by Gasteiger charge is -2.40. The van der Waals surface area contributed by atoms with Crippen molar-refractivity contribution in [3.8, 4) is 0 Å². The fourth-order valence-electron chi connectivity index (χ4n) is 4.34. The van der Waals surface area contributed by atoms with E-state index in [1.807, 2.05) is 112 Å². The Bertz CT molecular complexity index is 1170. The van der Waals surface area contributed by atoms with Crippen molar-refractivity contribution < 1.29 is 14.7 Å². The number of nitrogens with one attached hydrogen (secondary N) is 2. The molecule has 0 saturated carbocycles. The number of nitrogens with zero attached hydrogens (tertiary/aromatic N) is 1. The highest BCUT2D eigenvalue weighted by molar-refractivity contribution is 5.92. The molecule has 3 unspecified atom stereocenters. The third-order valence-electron chi connectivity index (χ3n) is 6.55. The van der Waals surface area contributed by atoms with Crippen LogP contribution in [-0.2, 0) is 17.6 Å². The first-order valence-electron chi connectivity index (χ1n) is 13.0. The van der Waals surface area contributed by atoms with Crippen molar-refractivity contribution in [3.05, 3.63) is 102 Å². The van der Waals surface area contributed by atoms with E-state index in [0.717, 1.165) is 11.1 Å². The summed E-state index contributed by atoms with van der Waals surface area (Å²) < 4.78 is 0. The van der Waals surface area contributed by atoms with Crippen molar-refractivity contribution in [1.29, 1.82) is 0 Å². The number of aliphatic hydroxyl groups is 1. The van der Waals surface area contributed by atoms with Crippen LogP contribution in [-0.4, -0.2) is 47.3 Å². The maximum atomic E-state index is 13.6. The zero-order valence-electron chi connectivity index (χ0n) is 22.7. The predicted molar refractivity (Wildman–Crippen MR) is 153 cm³/mol. The second-order valence-corrected chi connectivity index (χ2v) is 10.8. The molecule has 0 spiro atoms. The molecule has 3 atom stereocenters. The molecule has 202 valence electrons. The monoisotopic (exact) mass is 516 g/mol. The molecule has 0 saturated heterocycles. The van der Waals surface area contributed by atoms with Gasteiger partial charge in [0, 0.05) is 18.3 Å². The molecule has 0 radical (unpaired) electrons. The maximum Gasteiger partial charge on any atom is 0.321 e. The summed E-state index contributed by atoms with van der Waals surface area (Å²) >= 11 is 0. The lowest BCUT2D eigenvalue weighted by atomic mass is 9.80. The third kappa shape index (κ3) is 7.91. The third-order valence-corrected chi connectivity index (χ3v) is 6.55. The first kappa shape index (κ1) is 28.9. The van der Waals surface area contributed by atoms with Crippen LogP contribution in [0.2, 0.25) is 0 Å². The normalized spacial score (nSPS) is 14.6. The number of carbonyl (C=O) groups excluding carboxylic acids is 2. The van der Waals surface area contributed by atoms with Crippen LogP contribution in [0.5, 0.6) is 0 Å². The average molecular weight is 517 g/mol. The summed E-state index contributed by atoms with van der Waals surface area (Å²) in [7, 11) is 1.66. The van der Waals surface area contributed by atoms with E-state index >= 15 is 0 Å². The SMILES string of the molecule is CN(C(=O)NC(Cc1ccccc1)C(O)C(N)(CCc1ccccc1)C(=O)NC(C)(C)C)c1ccccc1. The van der Waals surface area contributed by atoms with E-state index in [4.69, 9.17) is 5.73 Å². The molecule has 7 heteroatoms. The van der Waals surface area contributed by atoms with Gasteiger partial charge in [-0.3, -0.25) is 9.69 Å². The van der Waals surface area contributed by atoms with E-state index in [1.54, 1.807) is 7.05 Å². The van der Waals surface area contributed by atoms with Gasteiger partial charge in [-0.15, -0.1) is 0 Å². The van der Waals surface area contributed by atoms with Crippen LogP contribution in [0.4, 0.5) is 10.5 Å². The number of aliphatic hydroxyl groups excluding tert-OH is 1. The number of carbonyl (C=O) groups is 2. The lowest BCUT2D eigenvalue weighted by molar-refractivity contribution is -0.133. The molecule has 38 heavy (non-hydrogen) atoms. The molecule has 3 aromatic rings. The number of amides is 3. The summed E-state index contributed by atoms with van der Waals surface area (Å²) in [5.74, 6) is -0.461. The van der Waals surface area contributed by atoms with Crippen molar-refractivity contribution in [2.45, 2.75) is 63.3 Å². The van der Waals surface area contributed by atoms with Gasteiger partial charge in [0.1, 0.15) is 11.6 Å². The Morgan fingerprint density at radius 2 is 1.37 bits per heavy atom. The Balaban J connectivity index is 1.93. The Kier molecular flexibility index (Phi) is 9.66. The minimum Gasteiger partial charge on any atom is -0.388 e. The van der Waals surface area contributed by atoms with Gasteiger partial charge in [-0.2, -0.15) is 0 Å². The number of anilines is 1. The van der Waals surface area contributed by atoms with E-state index in [2.05, 4.69) is 10.6 Å². The predicted octanol–water partition coefficient (Wildman–Crippen LogP) is 4.05. The molecule has 0 heterocycles. The number of nitrogens with two attached hydrogens (primary N) is 1. The van der Waals surface area contributed by atoms with Crippen molar-refractivity contribution in [3.63, 3.8) is 0 Å². The number of rotatable bonds is 10. The largest absolute Gasteiger partial charge is 0.388 e. The van der Waals surface area contributed by atoms with Gasteiger partial charge in [-0.25, -0.2) is 4.79 Å². The van der Waals surface area contributed by atoms with Crippen LogP contribution >= 0.6 is 0 Å². The van der Waals surface area contributed by atoms with Crippen molar-refractivity contribution in [2.75, 3.05) is 11.9 Å². The zero-order chi connectivity index (χ0) is 27.8. The van der Waals surface area contributed by atoms with Crippen LogP contribution in [0.25, 0.3) is 0 Å². The van der Waals surface area contributed by atoms with E-state index < -0.39 is 35.2 Å². The highest BCUT2D eigenvalue weighted by atomic mass is 16.3. The van der Waals surface area contributed by atoms with E-state index in [1.165, 1.54) is 4.90 Å². The average Bonchev–Trinajstić information content (AvgIpc) is 2.91. The Morgan fingerprint density at radius 3 is 1.89 bits per heavy atom. The number of para-hydroxylation sites is 1. The van der Waals surface area contributed by atoms with Gasteiger partial charge in [0.2, 0.25) is 5.91 Å². The standard InChI is InChI=1S/C31H40N4O3/c1-30(2,3)34-28(37)31(32,21-20-23-14-8-5-9-15-23)27(36)26(22-24-16-10-6-11-17-24)33-29(38)35(4)25-18-12-7-13-19-25/h5-19,26-27,36H,20-22,32H2,1-4H3,(H,33,38)(H,34,37). The van der Waals surface area contributed by atoms with E-state index in [0.29, 0.717) is 18.5 Å². The molecule has 3 rings (SSSR count). The molecule has 3 aromatic carbocycles. The Labute approximate surface area is 226 Å². The molecule has 5 N–H and O–H groups in total. The Morgan fingerprint density at radius 1 is 0.868 bits per heavy atom. The first-order chi connectivity index (χ1) is 18.0. The van der Waals surface area contributed by atoms with Gasteiger partial charge in [0.15, 0.2) is 0 Å². The first-order valence-corrected chi connectivity index (χ1v) is 13.0.